The van der Waals surface area contributed by atoms with E-state index >= 15 is 0 Å². The zero-order valence-corrected chi connectivity index (χ0v) is 12.4. The fourth-order valence-corrected chi connectivity index (χ4v) is 2.13. The average molecular weight is 314 g/mol. The summed E-state index contributed by atoms with van der Waals surface area (Å²) in [5.74, 6) is 0.520. The molecule has 2 nitrogen and oxygen atoms in total. The Morgan fingerprint density at radius 1 is 1.15 bits per heavy atom. The lowest BCUT2D eigenvalue weighted by Gasteiger charge is -2.13. The second-order valence-electron chi connectivity index (χ2n) is 4.19. The Balaban J connectivity index is 2.29. The highest BCUT2D eigenvalue weighted by molar-refractivity contribution is 6.32. The van der Waals surface area contributed by atoms with Gasteiger partial charge in [-0.2, -0.15) is 0 Å². The highest BCUT2D eigenvalue weighted by Gasteiger charge is 2.10. The molecule has 0 spiro atoms. The summed E-state index contributed by atoms with van der Waals surface area (Å²) in [6, 6.07) is 9.74. The third kappa shape index (κ3) is 3.63. The minimum absolute atomic E-state index is 0.0165. The zero-order chi connectivity index (χ0) is 14.5. The van der Waals surface area contributed by atoms with E-state index in [4.69, 9.17) is 27.9 Å². The second kappa shape index (κ2) is 6.93. The van der Waals surface area contributed by atoms with Gasteiger partial charge >= 0.3 is 0 Å². The lowest BCUT2D eigenvalue weighted by molar-refractivity contribution is 0.472. The number of halogens is 3. The molecule has 0 aliphatic rings. The highest BCUT2D eigenvalue weighted by Crippen LogP contribution is 2.34. The van der Waals surface area contributed by atoms with Gasteiger partial charge < -0.3 is 10.1 Å². The summed E-state index contributed by atoms with van der Waals surface area (Å²) in [6.45, 7) is 3.50. The fraction of sp³-hybridized carbons (Fsp3) is 0.200. The quantitative estimate of drug-likeness (QED) is 0.835. The number of para-hydroxylation sites is 1. The smallest absolute Gasteiger partial charge is 0.150 e. The molecule has 106 valence electrons. The lowest BCUT2D eigenvalue weighted by atomic mass is 10.2. The predicted octanol–water partition coefficient (Wildman–Crippen LogP) is 5.03. The van der Waals surface area contributed by atoms with Crippen LogP contribution in [0.25, 0.3) is 0 Å². The summed E-state index contributed by atoms with van der Waals surface area (Å²) >= 11 is 11.9. The van der Waals surface area contributed by atoms with Crippen LogP contribution in [0.3, 0.4) is 0 Å². The van der Waals surface area contributed by atoms with E-state index in [1.165, 1.54) is 18.2 Å². The van der Waals surface area contributed by atoms with Crippen LogP contribution in [0.15, 0.2) is 36.4 Å². The van der Waals surface area contributed by atoms with Crippen molar-refractivity contribution < 1.29 is 9.13 Å². The third-order valence-electron chi connectivity index (χ3n) is 2.72. The number of hydrogen-bond donors (Lipinski definition) is 1. The van der Waals surface area contributed by atoms with Crippen molar-refractivity contribution in [2.45, 2.75) is 13.5 Å². The first-order chi connectivity index (χ1) is 9.61. The first kappa shape index (κ1) is 15.1. The average Bonchev–Trinajstić information content (AvgIpc) is 2.43. The first-order valence-electron chi connectivity index (χ1n) is 6.23. The van der Waals surface area contributed by atoms with E-state index in [-0.39, 0.29) is 5.02 Å². The maximum absolute atomic E-state index is 13.1. The molecule has 2 rings (SSSR count). The van der Waals surface area contributed by atoms with Gasteiger partial charge in [-0.05, 0) is 24.7 Å². The van der Waals surface area contributed by atoms with Gasteiger partial charge in [0.15, 0.2) is 0 Å². The van der Waals surface area contributed by atoms with Crippen LogP contribution in [-0.2, 0) is 6.54 Å². The van der Waals surface area contributed by atoms with Gasteiger partial charge in [-0.15, -0.1) is 0 Å². The van der Waals surface area contributed by atoms with Crippen molar-refractivity contribution in [3.05, 3.63) is 57.8 Å². The number of hydrogen-bond acceptors (Lipinski definition) is 2. The van der Waals surface area contributed by atoms with Crippen LogP contribution in [0.2, 0.25) is 10.0 Å². The molecule has 0 unspecified atom stereocenters. The van der Waals surface area contributed by atoms with Crippen molar-refractivity contribution in [1.29, 1.82) is 0 Å². The van der Waals surface area contributed by atoms with Crippen LogP contribution < -0.4 is 10.1 Å². The number of rotatable bonds is 5. The zero-order valence-electron chi connectivity index (χ0n) is 10.9. The molecule has 2 aromatic carbocycles. The predicted molar refractivity (Wildman–Crippen MR) is 80.3 cm³/mol. The highest BCUT2D eigenvalue weighted by atomic mass is 35.5. The molecule has 1 N–H and O–H groups in total. The fourth-order valence-electron chi connectivity index (χ4n) is 1.72. The summed E-state index contributed by atoms with van der Waals surface area (Å²) in [7, 11) is 0. The SMILES string of the molecule is CCNCc1cccc(Cl)c1Oc1ccc(F)c(Cl)c1. The molecule has 0 aromatic heterocycles. The van der Waals surface area contributed by atoms with E-state index in [9.17, 15) is 4.39 Å². The van der Waals surface area contributed by atoms with Gasteiger partial charge in [0.05, 0.1) is 10.0 Å². The van der Waals surface area contributed by atoms with Crippen LogP contribution in [0.5, 0.6) is 11.5 Å². The lowest BCUT2D eigenvalue weighted by Crippen LogP contribution is -2.12. The summed E-state index contributed by atoms with van der Waals surface area (Å²) in [5, 5.41) is 3.73. The van der Waals surface area contributed by atoms with Crippen molar-refractivity contribution in [2.75, 3.05) is 6.54 Å². The standard InChI is InChI=1S/C15H14Cl2FNO/c1-2-19-9-10-4-3-5-12(16)15(10)20-11-6-7-14(18)13(17)8-11/h3-8,19H,2,9H2,1H3. The Bertz CT molecular complexity index is 604. The van der Waals surface area contributed by atoms with E-state index in [2.05, 4.69) is 5.32 Å². The van der Waals surface area contributed by atoms with E-state index in [0.29, 0.717) is 23.1 Å². The van der Waals surface area contributed by atoms with E-state index in [0.717, 1.165) is 12.1 Å². The second-order valence-corrected chi connectivity index (χ2v) is 5.00. The van der Waals surface area contributed by atoms with E-state index in [1.807, 2.05) is 19.1 Å². The van der Waals surface area contributed by atoms with Crippen molar-refractivity contribution in [2.24, 2.45) is 0 Å². The van der Waals surface area contributed by atoms with Gasteiger partial charge in [0, 0.05) is 18.2 Å². The van der Waals surface area contributed by atoms with Crippen molar-refractivity contribution in [3.63, 3.8) is 0 Å². The summed E-state index contributed by atoms with van der Waals surface area (Å²) in [6.07, 6.45) is 0. The molecule has 0 aliphatic heterocycles. The molecule has 0 saturated heterocycles. The number of ether oxygens (including phenoxy) is 1. The van der Waals surface area contributed by atoms with Gasteiger partial charge in [-0.25, -0.2) is 4.39 Å². The van der Waals surface area contributed by atoms with Gasteiger partial charge in [-0.1, -0.05) is 42.3 Å². The monoisotopic (exact) mass is 313 g/mol. The molecule has 0 aliphatic carbocycles. The van der Waals surface area contributed by atoms with Crippen LogP contribution in [0, 0.1) is 5.82 Å². The Morgan fingerprint density at radius 2 is 1.95 bits per heavy atom. The maximum Gasteiger partial charge on any atom is 0.150 e. The van der Waals surface area contributed by atoms with Gasteiger partial charge in [-0.3, -0.25) is 0 Å². The molecular weight excluding hydrogens is 300 g/mol. The van der Waals surface area contributed by atoms with Gasteiger partial charge in [0.25, 0.3) is 0 Å². The van der Waals surface area contributed by atoms with Crippen molar-refractivity contribution in [1.82, 2.24) is 5.32 Å². The van der Waals surface area contributed by atoms with Crippen LogP contribution >= 0.6 is 23.2 Å². The summed E-state index contributed by atoms with van der Waals surface area (Å²) in [5.41, 5.74) is 0.930. The third-order valence-corrected chi connectivity index (χ3v) is 3.31. The molecule has 5 heteroatoms. The summed E-state index contributed by atoms with van der Waals surface area (Å²) < 4.78 is 18.9. The molecular formula is C15H14Cl2FNO. The Morgan fingerprint density at radius 3 is 2.65 bits per heavy atom. The maximum atomic E-state index is 13.1. The first-order valence-corrected chi connectivity index (χ1v) is 6.98. The normalized spacial score (nSPS) is 10.6. The Labute approximate surface area is 127 Å². The van der Waals surface area contributed by atoms with E-state index in [1.54, 1.807) is 6.07 Å². The topological polar surface area (TPSA) is 21.3 Å². The minimum atomic E-state index is -0.481. The molecule has 0 radical (unpaired) electrons. The molecule has 0 saturated carbocycles. The Hall–Kier alpha value is -1.29. The molecule has 0 atom stereocenters. The van der Waals surface area contributed by atoms with Crippen molar-refractivity contribution in [3.8, 4) is 11.5 Å². The Kier molecular flexibility index (Phi) is 5.24. The van der Waals surface area contributed by atoms with Crippen molar-refractivity contribution >= 4 is 23.2 Å². The summed E-state index contributed by atoms with van der Waals surface area (Å²) in [4.78, 5) is 0. The molecule has 20 heavy (non-hydrogen) atoms. The van der Waals surface area contributed by atoms with Crippen LogP contribution in [0.4, 0.5) is 4.39 Å². The molecule has 0 bridgehead atoms. The molecule has 2 aromatic rings. The van der Waals surface area contributed by atoms with Crippen LogP contribution in [-0.4, -0.2) is 6.54 Å². The number of benzene rings is 2. The largest absolute Gasteiger partial charge is 0.455 e. The van der Waals surface area contributed by atoms with Gasteiger partial charge in [0.1, 0.15) is 17.3 Å². The number of nitrogens with one attached hydrogen (secondary N) is 1. The van der Waals surface area contributed by atoms with Gasteiger partial charge in [0.2, 0.25) is 0 Å². The molecule has 0 heterocycles. The molecule has 0 fully saturated rings. The molecule has 0 amide bonds. The van der Waals surface area contributed by atoms with E-state index < -0.39 is 5.82 Å². The minimum Gasteiger partial charge on any atom is -0.455 e. The van der Waals surface area contributed by atoms with Crippen LogP contribution in [0.1, 0.15) is 12.5 Å².